The second-order valence-corrected chi connectivity index (χ2v) is 29.4. The fraction of sp³-hybridized carbons (Fsp3) is 0.710. The first kappa shape index (κ1) is 72.9. The quantitative estimate of drug-likeness (QED) is 0.0263. The second-order valence-electron chi connectivity index (χ2n) is 21.4. The van der Waals surface area contributed by atoms with Crippen molar-refractivity contribution in [3.8, 4) is 0 Å². The van der Waals surface area contributed by atoms with Gasteiger partial charge in [0.1, 0.15) is 24.4 Å². The van der Waals surface area contributed by atoms with Gasteiger partial charge in [0.25, 0.3) is 0 Å². The Labute approximate surface area is 478 Å². The average molecular weight is 1150 g/mol. The van der Waals surface area contributed by atoms with Crippen molar-refractivity contribution in [3.63, 3.8) is 0 Å². The number of rotatable bonds is 47. The predicted octanol–water partition coefficient (Wildman–Crippen LogP) is 13.9. The van der Waals surface area contributed by atoms with Gasteiger partial charge in [-0.25, -0.2) is 0 Å². The lowest BCUT2D eigenvalue weighted by molar-refractivity contribution is -0.169. The van der Waals surface area contributed by atoms with Crippen molar-refractivity contribution in [1.29, 1.82) is 0 Å². The van der Waals surface area contributed by atoms with Crippen LogP contribution in [0.5, 0.6) is 0 Å². The van der Waals surface area contributed by atoms with Crippen LogP contribution in [0.1, 0.15) is 194 Å². The molecule has 0 atom stereocenters. The number of carbonyl (C=O) groups excluding carboxylic acids is 6. The summed E-state index contributed by atoms with van der Waals surface area (Å²) in [6.45, 7) is 17.3. The molecule has 0 amide bonds. The zero-order valence-electron chi connectivity index (χ0n) is 50.5. The summed E-state index contributed by atoms with van der Waals surface area (Å²) in [4.78, 5) is 75.0. The largest absolute Gasteiger partial charge is 0.501 e. The van der Waals surface area contributed by atoms with Crippen molar-refractivity contribution in [3.05, 3.63) is 71.8 Å². The number of methoxy groups -OCH3 is 2. The Hall–Kier alpha value is -4.11. The molecule has 0 saturated heterocycles. The maximum Gasteiger partial charge on any atom is 0.501 e. The summed E-state index contributed by atoms with van der Waals surface area (Å²) in [5, 5.41) is 0. The summed E-state index contributed by atoms with van der Waals surface area (Å²) in [5.41, 5.74) is -1.56. The van der Waals surface area contributed by atoms with E-state index in [0.717, 1.165) is 23.6 Å². The molecule has 2 aromatic rings. The Morgan fingerprint density at radius 2 is 0.734 bits per heavy atom. The minimum atomic E-state index is -2.85. The number of benzene rings is 2. The molecule has 0 fully saturated rings. The SMILES string of the molecule is CCCCCCCCCCCCCCCCCC[Si](C)(C)CCCOC(CC(=O)OCc1ccccc1)(CC(=O)OCc1ccccc1)C(C)=O.CCO[Si](CCCOC(CC(=O)OC)(CC(=O)OC)C(C)=O)(OCC)OCC. The first-order valence-electron chi connectivity index (χ1n) is 29.6. The van der Waals surface area contributed by atoms with Gasteiger partial charge in [0.15, 0.2) is 11.6 Å². The van der Waals surface area contributed by atoms with Crippen molar-refractivity contribution < 1.29 is 70.5 Å². The molecule has 0 unspecified atom stereocenters. The van der Waals surface area contributed by atoms with Crippen LogP contribution >= 0.6 is 0 Å². The maximum atomic E-state index is 13.1. The monoisotopic (exact) mass is 1140 g/mol. The summed E-state index contributed by atoms with van der Waals surface area (Å²) in [6, 6.07) is 21.6. The Morgan fingerprint density at radius 1 is 0.418 bits per heavy atom. The number of Topliss-reactive ketones (excluding diaryl/α,β-unsaturated/α-hetero) is 2. The van der Waals surface area contributed by atoms with Gasteiger partial charge >= 0.3 is 32.7 Å². The zero-order chi connectivity index (χ0) is 58.7. The highest BCUT2D eigenvalue weighted by Gasteiger charge is 2.45. The van der Waals surface area contributed by atoms with Crippen molar-refractivity contribution in [2.45, 2.75) is 238 Å². The third-order valence-corrected chi connectivity index (χ3v) is 20.7. The second kappa shape index (κ2) is 43.6. The Balaban J connectivity index is 0.000000943. The van der Waals surface area contributed by atoms with E-state index in [1.807, 2.05) is 81.4 Å². The van der Waals surface area contributed by atoms with Gasteiger partial charge in [-0.15, -0.1) is 0 Å². The van der Waals surface area contributed by atoms with Gasteiger partial charge in [0, 0.05) is 47.2 Å². The van der Waals surface area contributed by atoms with E-state index >= 15 is 0 Å². The van der Waals surface area contributed by atoms with Crippen molar-refractivity contribution in [1.82, 2.24) is 0 Å². The topological polar surface area (TPSA) is 185 Å². The minimum Gasteiger partial charge on any atom is -0.469 e. The van der Waals surface area contributed by atoms with Gasteiger partial charge in [0.2, 0.25) is 0 Å². The summed E-state index contributed by atoms with van der Waals surface area (Å²) >= 11 is 0. The van der Waals surface area contributed by atoms with E-state index in [9.17, 15) is 28.8 Å². The number of esters is 4. The van der Waals surface area contributed by atoms with Gasteiger partial charge < -0.3 is 41.7 Å². The number of ketones is 2. The molecule has 0 bridgehead atoms. The minimum absolute atomic E-state index is 0.0885. The molecule has 0 N–H and O–H groups in total. The molecule has 0 heterocycles. The van der Waals surface area contributed by atoms with E-state index in [1.54, 1.807) is 0 Å². The number of carbonyl (C=O) groups is 6. The zero-order valence-corrected chi connectivity index (χ0v) is 52.5. The van der Waals surface area contributed by atoms with Gasteiger partial charge in [-0.2, -0.15) is 0 Å². The first-order valence-corrected chi connectivity index (χ1v) is 35.0. The molecule has 2 aromatic carbocycles. The van der Waals surface area contributed by atoms with Crippen LogP contribution in [0.4, 0.5) is 0 Å². The van der Waals surface area contributed by atoms with E-state index in [1.165, 1.54) is 137 Å². The van der Waals surface area contributed by atoms with E-state index in [4.69, 9.17) is 32.2 Å². The van der Waals surface area contributed by atoms with Gasteiger partial charge in [0.05, 0.1) is 39.9 Å². The van der Waals surface area contributed by atoms with E-state index < -0.39 is 57.7 Å². The number of hydrogen-bond acceptors (Lipinski definition) is 15. The lowest BCUT2D eigenvalue weighted by Gasteiger charge is -2.31. The van der Waals surface area contributed by atoms with Gasteiger partial charge in [-0.3, -0.25) is 28.8 Å². The highest BCUT2D eigenvalue weighted by atomic mass is 28.4. The molecule has 0 saturated carbocycles. The summed E-state index contributed by atoms with van der Waals surface area (Å²) in [6.07, 6.45) is 21.9. The smallest absolute Gasteiger partial charge is 0.469 e. The number of hydrogen-bond donors (Lipinski definition) is 0. The molecule has 450 valence electrons. The molecule has 0 aliphatic rings. The highest BCUT2D eigenvalue weighted by molar-refractivity contribution is 6.77. The molecule has 79 heavy (non-hydrogen) atoms. The van der Waals surface area contributed by atoms with Crippen LogP contribution in [0, 0.1) is 0 Å². The van der Waals surface area contributed by atoms with Crippen LogP contribution in [-0.2, 0) is 83.7 Å². The molecule has 0 aromatic heterocycles. The van der Waals surface area contributed by atoms with Crippen molar-refractivity contribution >= 4 is 52.3 Å². The summed E-state index contributed by atoms with van der Waals surface area (Å²) in [5.74, 6) is -3.29. The van der Waals surface area contributed by atoms with E-state index in [0.29, 0.717) is 38.9 Å². The van der Waals surface area contributed by atoms with Crippen LogP contribution in [0.2, 0.25) is 31.2 Å². The maximum absolute atomic E-state index is 13.1. The lowest BCUT2D eigenvalue weighted by atomic mass is 9.90. The van der Waals surface area contributed by atoms with E-state index in [2.05, 4.69) is 29.5 Å². The van der Waals surface area contributed by atoms with Crippen LogP contribution < -0.4 is 0 Å². The number of ether oxygens (including phenoxy) is 6. The highest BCUT2D eigenvalue weighted by Crippen LogP contribution is 2.29. The Bertz CT molecular complexity index is 1850. The van der Waals surface area contributed by atoms with Crippen LogP contribution in [0.15, 0.2) is 60.7 Å². The van der Waals surface area contributed by atoms with Crippen molar-refractivity contribution in [2.75, 3.05) is 47.3 Å². The van der Waals surface area contributed by atoms with Crippen LogP contribution in [0.25, 0.3) is 0 Å². The molecule has 2 rings (SSSR count). The Kier molecular flexibility index (Phi) is 40.2. The van der Waals surface area contributed by atoms with E-state index in [-0.39, 0.29) is 51.3 Å². The van der Waals surface area contributed by atoms with Gasteiger partial charge in [-0.05, 0) is 58.6 Å². The third-order valence-electron chi connectivity index (χ3n) is 14.1. The Morgan fingerprint density at radius 3 is 1.06 bits per heavy atom. The predicted molar refractivity (Wildman–Crippen MR) is 315 cm³/mol. The molecular weight excluding hydrogens is 1040 g/mol. The van der Waals surface area contributed by atoms with Crippen molar-refractivity contribution in [2.24, 2.45) is 0 Å². The third kappa shape index (κ3) is 33.4. The molecule has 0 radical (unpaired) electrons. The molecule has 0 spiro atoms. The molecule has 0 aliphatic carbocycles. The molecule has 15 nitrogen and oxygen atoms in total. The normalized spacial score (nSPS) is 11.8. The van der Waals surface area contributed by atoms with Gasteiger partial charge in [-0.1, -0.05) is 196 Å². The fourth-order valence-corrected chi connectivity index (χ4v) is 14.5. The van der Waals surface area contributed by atoms with Crippen LogP contribution in [-0.4, -0.2) is 111 Å². The molecule has 17 heteroatoms. The molecule has 0 aliphatic heterocycles. The standard InChI is InChI=1S/C44H70O6Si.C18H34O9Si/c1-5-6-7-8-9-10-11-12-13-14-15-16-17-18-19-26-33-51(3,4)34-27-32-50-44(39(2)45,35-42(46)48-37-40-28-22-20-23-29-40)36-43(47)49-38-41-30-24-21-25-31-41;1-7-25-28(26-8-2,27-9-3)12-10-11-24-18(15(4)19,13-16(20)22-5)14-17(21)23-6/h20-25,28-31H,5-19,26-27,32-38H2,1-4H3;7-14H2,1-6H3. The summed E-state index contributed by atoms with van der Waals surface area (Å²) in [7, 11) is -1.88. The molecular formula is C62H104O15Si2. The lowest BCUT2D eigenvalue weighted by Crippen LogP contribution is -2.47. The number of unbranched alkanes of at least 4 members (excludes halogenated alkanes) is 15. The fourth-order valence-electron chi connectivity index (χ4n) is 9.34. The first-order chi connectivity index (χ1) is 37.9. The summed E-state index contributed by atoms with van der Waals surface area (Å²) < 4.78 is 49.7. The van der Waals surface area contributed by atoms with Crippen LogP contribution in [0.3, 0.4) is 0 Å². The average Bonchev–Trinajstić information content (AvgIpc) is 3.44.